The summed E-state index contributed by atoms with van der Waals surface area (Å²) in [7, 11) is 0. The second-order valence-corrected chi connectivity index (χ2v) is 7.31. The van der Waals surface area contributed by atoms with E-state index in [-0.39, 0.29) is 18.3 Å². The van der Waals surface area contributed by atoms with Gasteiger partial charge in [-0.3, -0.25) is 14.9 Å². The Hall–Kier alpha value is -3.59. The summed E-state index contributed by atoms with van der Waals surface area (Å²) in [5, 5.41) is 9.40. The molecule has 0 fully saturated rings. The number of aryl methyl sites for hydroxylation is 1. The first kappa shape index (κ1) is 19.7. The van der Waals surface area contributed by atoms with Gasteiger partial charge in [-0.05, 0) is 19.9 Å². The second kappa shape index (κ2) is 8.42. The Morgan fingerprint density at radius 3 is 2.77 bits per heavy atom. The molecule has 0 bridgehead atoms. The maximum absolute atomic E-state index is 13.1. The van der Waals surface area contributed by atoms with Gasteiger partial charge in [0.25, 0.3) is 11.6 Å². The van der Waals surface area contributed by atoms with Gasteiger partial charge < -0.3 is 9.26 Å². The molecule has 3 heterocycles. The number of nitrogens with one attached hydrogen (secondary N) is 1. The molecule has 0 aliphatic carbocycles. The van der Waals surface area contributed by atoms with Gasteiger partial charge >= 0.3 is 5.97 Å². The van der Waals surface area contributed by atoms with E-state index in [2.05, 4.69) is 20.4 Å². The average molecular weight is 422 g/mol. The maximum Gasteiger partial charge on any atom is 0.311 e. The molecule has 8 nitrogen and oxygen atoms in total. The number of hydrogen-bond acceptors (Lipinski definition) is 8. The van der Waals surface area contributed by atoms with Crippen LogP contribution in [0.25, 0.3) is 22.4 Å². The van der Waals surface area contributed by atoms with Gasteiger partial charge in [-0.25, -0.2) is 9.97 Å². The zero-order valence-corrected chi connectivity index (χ0v) is 17.2. The van der Waals surface area contributed by atoms with Gasteiger partial charge in [-0.2, -0.15) is 0 Å². The van der Waals surface area contributed by atoms with Crippen molar-refractivity contribution in [1.29, 1.82) is 0 Å². The van der Waals surface area contributed by atoms with Crippen LogP contribution >= 0.6 is 11.3 Å². The molecule has 0 radical (unpaired) electrons. The molecule has 0 saturated carbocycles. The Labute approximate surface area is 175 Å². The summed E-state index contributed by atoms with van der Waals surface area (Å²) >= 11 is 1.24. The lowest BCUT2D eigenvalue weighted by Gasteiger charge is -2.07. The van der Waals surface area contributed by atoms with E-state index in [0.29, 0.717) is 45.5 Å². The quantitative estimate of drug-likeness (QED) is 0.468. The SMILES string of the molecule is CCOC(=O)Cc1csc(NC(=O)c2cc(-c3ccccc3)nc3onc(C)c23)n1. The van der Waals surface area contributed by atoms with Crippen molar-refractivity contribution in [3.63, 3.8) is 0 Å². The predicted octanol–water partition coefficient (Wildman–Crippen LogP) is 4.01. The number of ether oxygens (including phenoxy) is 1. The van der Waals surface area contributed by atoms with Crippen molar-refractivity contribution in [3.05, 3.63) is 58.7 Å². The largest absolute Gasteiger partial charge is 0.466 e. The fourth-order valence-electron chi connectivity index (χ4n) is 3.00. The van der Waals surface area contributed by atoms with Gasteiger partial charge in [0.2, 0.25) is 0 Å². The van der Waals surface area contributed by atoms with Crippen molar-refractivity contribution in [2.45, 2.75) is 20.3 Å². The van der Waals surface area contributed by atoms with Crippen molar-refractivity contribution >= 4 is 39.4 Å². The Morgan fingerprint density at radius 1 is 1.20 bits per heavy atom. The highest BCUT2D eigenvalue weighted by Gasteiger charge is 2.20. The normalized spacial score (nSPS) is 10.9. The lowest BCUT2D eigenvalue weighted by atomic mass is 10.1. The third-order valence-electron chi connectivity index (χ3n) is 4.33. The Bertz CT molecular complexity index is 1220. The van der Waals surface area contributed by atoms with Crippen molar-refractivity contribution in [1.82, 2.24) is 15.1 Å². The minimum absolute atomic E-state index is 0.0582. The number of fused-ring (bicyclic) bond motifs is 1. The van der Waals surface area contributed by atoms with E-state index in [4.69, 9.17) is 9.26 Å². The molecule has 3 aromatic heterocycles. The summed E-state index contributed by atoms with van der Waals surface area (Å²) in [4.78, 5) is 33.5. The number of nitrogens with zero attached hydrogens (tertiary/aromatic N) is 3. The van der Waals surface area contributed by atoms with Crippen LogP contribution in [0.2, 0.25) is 0 Å². The van der Waals surface area contributed by atoms with Crippen LogP contribution in [0.15, 0.2) is 46.3 Å². The molecule has 0 aliphatic rings. The number of amides is 1. The average Bonchev–Trinajstić information content (AvgIpc) is 3.34. The van der Waals surface area contributed by atoms with Gasteiger partial charge in [-0.15, -0.1) is 11.3 Å². The zero-order valence-electron chi connectivity index (χ0n) is 16.3. The maximum atomic E-state index is 13.1. The molecule has 0 saturated heterocycles. The number of benzene rings is 1. The third-order valence-corrected chi connectivity index (χ3v) is 5.14. The number of esters is 1. The summed E-state index contributed by atoms with van der Waals surface area (Å²) < 4.78 is 10.2. The molecular weight excluding hydrogens is 404 g/mol. The van der Waals surface area contributed by atoms with Gasteiger partial charge in [0.05, 0.1) is 41.1 Å². The van der Waals surface area contributed by atoms with Crippen LogP contribution in [0.1, 0.15) is 28.7 Å². The highest BCUT2D eigenvalue weighted by molar-refractivity contribution is 7.14. The molecular formula is C21H18N4O4S. The first-order chi connectivity index (χ1) is 14.5. The van der Waals surface area contributed by atoms with Crippen LogP contribution in [0.4, 0.5) is 5.13 Å². The number of rotatable bonds is 6. The summed E-state index contributed by atoms with van der Waals surface area (Å²) in [6, 6.07) is 11.2. The number of aromatic nitrogens is 3. The lowest BCUT2D eigenvalue weighted by molar-refractivity contribution is -0.142. The van der Waals surface area contributed by atoms with Crippen molar-refractivity contribution in [2.24, 2.45) is 0 Å². The van der Waals surface area contributed by atoms with Crippen molar-refractivity contribution in [3.8, 4) is 11.3 Å². The summed E-state index contributed by atoms with van der Waals surface area (Å²) in [6.45, 7) is 3.82. The highest BCUT2D eigenvalue weighted by Crippen LogP contribution is 2.28. The first-order valence-electron chi connectivity index (χ1n) is 9.29. The molecule has 1 N–H and O–H groups in total. The van der Waals surface area contributed by atoms with Gasteiger partial charge in [0, 0.05) is 10.9 Å². The fraction of sp³-hybridized carbons (Fsp3) is 0.190. The molecule has 0 atom stereocenters. The Kier molecular flexibility index (Phi) is 5.53. The number of carbonyl (C=O) groups is 2. The number of carbonyl (C=O) groups excluding carboxylic acids is 2. The van der Waals surface area contributed by atoms with Crippen LogP contribution in [-0.4, -0.2) is 33.6 Å². The van der Waals surface area contributed by atoms with Crippen molar-refractivity contribution in [2.75, 3.05) is 11.9 Å². The van der Waals surface area contributed by atoms with E-state index in [1.807, 2.05) is 30.3 Å². The van der Waals surface area contributed by atoms with Crippen molar-refractivity contribution < 1.29 is 18.8 Å². The number of thiazole rings is 1. The lowest BCUT2D eigenvalue weighted by Crippen LogP contribution is -2.13. The van der Waals surface area contributed by atoms with E-state index < -0.39 is 0 Å². The Balaban J connectivity index is 1.64. The topological polar surface area (TPSA) is 107 Å². The summed E-state index contributed by atoms with van der Waals surface area (Å²) in [5.74, 6) is -0.716. The third kappa shape index (κ3) is 4.06. The summed E-state index contributed by atoms with van der Waals surface area (Å²) in [6.07, 6.45) is 0.0582. The summed E-state index contributed by atoms with van der Waals surface area (Å²) in [5.41, 5.74) is 3.25. The monoisotopic (exact) mass is 422 g/mol. The molecule has 1 aromatic carbocycles. The van der Waals surface area contributed by atoms with E-state index in [9.17, 15) is 9.59 Å². The van der Waals surface area contributed by atoms with Gasteiger partial charge in [0.15, 0.2) is 5.13 Å². The minimum atomic E-state index is -0.358. The van der Waals surface area contributed by atoms with Gasteiger partial charge in [-0.1, -0.05) is 35.5 Å². The van der Waals surface area contributed by atoms with E-state index in [0.717, 1.165) is 5.56 Å². The highest BCUT2D eigenvalue weighted by atomic mass is 32.1. The van der Waals surface area contributed by atoms with Crippen LogP contribution in [0.5, 0.6) is 0 Å². The van der Waals surface area contributed by atoms with Crippen LogP contribution in [-0.2, 0) is 16.0 Å². The smallest absolute Gasteiger partial charge is 0.311 e. The van der Waals surface area contributed by atoms with E-state index >= 15 is 0 Å². The fourth-order valence-corrected chi connectivity index (χ4v) is 3.71. The molecule has 152 valence electrons. The van der Waals surface area contributed by atoms with Crippen LogP contribution < -0.4 is 5.32 Å². The number of pyridine rings is 1. The minimum Gasteiger partial charge on any atom is -0.466 e. The van der Waals surface area contributed by atoms with E-state index in [1.165, 1.54) is 11.3 Å². The molecule has 0 unspecified atom stereocenters. The molecule has 4 rings (SSSR count). The van der Waals surface area contributed by atoms with Crippen LogP contribution in [0.3, 0.4) is 0 Å². The second-order valence-electron chi connectivity index (χ2n) is 6.45. The zero-order chi connectivity index (χ0) is 21.1. The van der Waals surface area contributed by atoms with Crippen LogP contribution in [0, 0.1) is 6.92 Å². The predicted molar refractivity (Wildman–Crippen MR) is 112 cm³/mol. The standard InChI is InChI=1S/C21H18N4O4S/c1-3-28-17(26)9-14-11-30-21(22-14)24-19(27)15-10-16(13-7-5-4-6-8-13)23-20-18(15)12(2)25-29-20/h4-8,10-11H,3,9H2,1-2H3,(H,22,24,27). The molecule has 9 heteroatoms. The molecule has 30 heavy (non-hydrogen) atoms. The molecule has 4 aromatic rings. The number of anilines is 1. The molecule has 1 amide bonds. The number of hydrogen-bond donors (Lipinski definition) is 1. The van der Waals surface area contributed by atoms with E-state index in [1.54, 1.807) is 25.3 Å². The Morgan fingerprint density at radius 2 is 2.00 bits per heavy atom. The molecule has 0 spiro atoms. The molecule has 0 aliphatic heterocycles. The van der Waals surface area contributed by atoms with Gasteiger partial charge in [0.1, 0.15) is 0 Å². The first-order valence-corrected chi connectivity index (χ1v) is 10.2.